The Morgan fingerprint density at radius 2 is 1.93 bits per heavy atom. The molecule has 15 heavy (non-hydrogen) atoms. The van der Waals surface area contributed by atoms with Crippen LogP contribution in [0.25, 0.3) is 0 Å². The molecule has 5 heteroatoms. The minimum absolute atomic E-state index is 0.177. The van der Waals surface area contributed by atoms with Gasteiger partial charge in [-0.25, -0.2) is 0 Å². The summed E-state index contributed by atoms with van der Waals surface area (Å²) in [5.74, 6) is 0. The molecule has 0 atom stereocenters. The van der Waals surface area contributed by atoms with Crippen LogP contribution in [0.4, 0.5) is 13.2 Å². The van der Waals surface area contributed by atoms with Gasteiger partial charge in [0, 0.05) is 0 Å². The van der Waals surface area contributed by atoms with Crippen LogP contribution >= 0.6 is 15.9 Å². The lowest BCUT2D eigenvalue weighted by Crippen LogP contribution is -2.06. The molecule has 0 radical (unpaired) electrons. The molecule has 0 aliphatic rings. The average molecular weight is 283 g/mol. The van der Waals surface area contributed by atoms with Crippen molar-refractivity contribution < 1.29 is 17.9 Å². The fourth-order valence-electron chi connectivity index (χ4n) is 1.27. The molecular weight excluding hydrogens is 273 g/mol. The zero-order chi connectivity index (χ0) is 11.5. The standard InChI is InChI=1S/C10H10BrF3O/c1-7-2-8(5-15-6-11)4-9(3-7)10(12,13)14/h2-4H,5-6H2,1H3. The van der Waals surface area contributed by atoms with Gasteiger partial charge in [-0.15, -0.1) is 0 Å². The summed E-state index contributed by atoms with van der Waals surface area (Å²) in [5, 5.41) is 0. The Morgan fingerprint density at radius 3 is 2.47 bits per heavy atom. The molecule has 0 saturated heterocycles. The molecule has 0 aliphatic carbocycles. The van der Waals surface area contributed by atoms with Crippen molar-refractivity contribution in [2.45, 2.75) is 19.7 Å². The van der Waals surface area contributed by atoms with Gasteiger partial charge in [-0.05, 0) is 24.6 Å². The quantitative estimate of drug-likeness (QED) is 0.765. The van der Waals surface area contributed by atoms with Gasteiger partial charge in [0.15, 0.2) is 0 Å². The monoisotopic (exact) mass is 282 g/mol. The molecule has 0 N–H and O–H groups in total. The minimum atomic E-state index is -4.30. The number of benzene rings is 1. The molecule has 1 aromatic carbocycles. The first kappa shape index (κ1) is 12.5. The van der Waals surface area contributed by atoms with Crippen molar-refractivity contribution in [1.82, 2.24) is 0 Å². The van der Waals surface area contributed by atoms with Gasteiger partial charge in [-0.1, -0.05) is 27.6 Å². The molecule has 0 bridgehead atoms. The minimum Gasteiger partial charge on any atom is -0.366 e. The first-order valence-electron chi connectivity index (χ1n) is 4.25. The molecule has 84 valence electrons. The van der Waals surface area contributed by atoms with Crippen molar-refractivity contribution in [1.29, 1.82) is 0 Å². The van der Waals surface area contributed by atoms with Crippen LogP contribution in [0.3, 0.4) is 0 Å². The second kappa shape index (κ2) is 4.99. The van der Waals surface area contributed by atoms with Crippen LogP contribution < -0.4 is 0 Å². The van der Waals surface area contributed by atoms with Crippen LogP contribution in [0.1, 0.15) is 16.7 Å². The molecule has 0 aromatic heterocycles. The highest BCUT2D eigenvalue weighted by molar-refractivity contribution is 9.09. The Labute approximate surface area is 94.4 Å². The summed E-state index contributed by atoms with van der Waals surface area (Å²) in [4.78, 5) is 0. The van der Waals surface area contributed by atoms with E-state index in [0.29, 0.717) is 16.6 Å². The lowest BCUT2D eigenvalue weighted by Gasteiger charge is -2.10. The summed E-state index contributed by atoms with van der Waals surface area (Å²) in [6.07, 6.45) is -4.30. The molecule has 0 unspecified atom stereocenters. The van der Waals surface area contributed by atoms with Gasteiger partial charge < -0.3 is 4.74 Å². The Bertz CT molecular complexity index is 336. The van der Waals surface area contributed by atoms with E-state index in [4.69, 9.17) is 4.74 Å². The van der Waals surface area contributed by atoms with E-state index < -0.39 is 11.7 Å². The van der Waals surface area contributed by atoms with E-state index in [1.807, 2.05) is 0 Å². The third-order valence-electron chi connectivity index (χ3n) is 1.81. The Morgan fingerprint density at radius 1 is 1.27 bits per heavy atom. The van der Waals surface area contributed by atoms with Gasteiger partial charge in [0.25, 0.3) is 0 Å². The van der Waals surface area contributed by atoms with Crippen molar-refractivity contribution in [2.75, 3.05) is 5.52 Å². The molecule has 0 fully saturated rings. The average Bonchev–Trinajstić information content (AvgIpc) is 2.12. The Kier molecular flexibility index (Phi) is 4.16. The van der Waals surface area contributed by atoms with Crippen molar-refractivity contribution in [3.05, 3.63) is 34.9 Å². The van der Waals surface area contributed by atoms with E-state index in [0.717, 1.165) is 12.1 Å². The highest BCUT2D eigenvalue weighted by atomic mass is 79.9. The van der Waals surface area contributed by atoms with Crippen LogP contribution in [0, 0.1) is 6.92 Å². The van der Waals surface area contributed by atoms with Crippen molar-refractivity contribution >= 4 is 15.9 Å². The van der Waals surface area contributed by atoms with Crippen molar-refractivity contribution in [2.24, 2.45) is 0 Å². The number of halogens is 4. The fraction of sp³-hybridized carbons (Fsp3) is 0.400. The van der Waals surface area contributed by atoms with E-state index in [1.54, 1.807) is 13.0 Å². The molecule has 1 aromatic rings. The lowest BCUT2D eigenvalue weighted by molar-refractivity contribution is -0.137. The third kappa shape index (κ3) is 3.83. The van der Waals surface area contributed by atoms with Crippen LogP contribution in [-0.2, 0) is 17.5 Å². The summed E-state index contributed by atoms with van der Waals surface area (Å²) in [6.45, 7) is 1.81. The van der Waals surface area contributed by atoms with Gasteiger partial charge in [0.05, 0.1) is 12.2 Å². The topological polar surface area (TPSA) is 9.23 Å². The number of hydrogen-bond donors (Lipinski definition) is 0. The summed E-state index contributed by atoms with van der Waals surface area (Å²) in [7, 11) is 0. The molecule has 0 amide bonds. The van der Waals surface area contributed by atoms with Crippen LogP contribution in [-0.4, -0.2) is 5.52 Å². The molecule has 1 rings (SSSR count). The third-order valence-corrected chi connectivity index (χ3v) is 2.13. The smallest absolute Gasteiger partial charge is 0.366 e. The van der Waals surface area contributed by atoms with E-state index >= 15 is 0 Å². The summed E-state index contributed by atoms with van der Waals surface area (Å²) < 4.78 is 42.3. The SMILES string of the molecule is Cc1cc(COCBr)cc(C(F)(F)F)c1. The lowest BCUT2D eigenvalue weighted by atomic mass is 10.1. The van der Waals surface area contributed by atoms with Gasteiger partial charge >= 0.3 is 6.18 Å². The molecule has 0 saturated carbocycles. The van der Waals surface area contributed by atoms with Gasteiger partial charge in [-0.3, -0.25) is 0 Å². The maximum atomic E-state index is 12.4. The van der Waals surface area contributed by atoms with E-state index in [2.05, 4.69) is 15.9 Å². The number of alkyl halides is 4. The predicted octanol–water partition coefficient (Wildman–Crippen LogP) is 3.88. The van der Waals surface area contributed by atoms with Crippen molar-refractivity contribution in [3.63, 3.8) is 0 Å². The van der Waals surface area contributed by atoms with Crippen molar-refractivity contribution in [3.8, 4) is 0 Å². The second-order valence-corrected chi connectivity index (χ2v) is 3.62. The van der Waals surface area contributed by atoms with Crippen LogP contribution in [0.15, 0.2) is 18.2 Å². The highest BCUT2D eigenvalue weighted by Crippen LogP contribution is 2.30. The molecule has 1 nitrogen and oxygen atoms in total. The molecule has 0 aliphatic heterocycles. The molecule has 0 spiro atoms. The Hall–Kier alpha value is -0.550. The zero-order valence-electron chi connectivity index (χ0n) is 8.07. The van der Waals surface area contributed by atoms with Gasteiger partial charge in [-0.2, -0.15) is 13.2 Å². The Balaban J connectivity index is 2.95. The first-order valence-corrected chi connectivity index (χ1v) is 5.37. The van der Waals surface area contributed by atoms with Crippen LogP contribution in [0.2, 0.25) is 0 Å². The number of ether oxygens (including phenoxy) is 1. The number of rotatable bonds is 3. The maximum Gasteiger partial charge on any atom is 0.416 e. The van der Waals surface area contributed by atoms with Crippen LogP contribution in [0.5, 0.6) is 0 Å². The van der Waals surface area contributed by atoms with E-state index in [9.17, 15) is 13.2 Å². The highest BCUT2D eigenvalue weighted by Gasteiger charge is 2.30. The molecular formula is C10H10BrF3O. The summed E-state index contributed by atoms with van der Waals surface area (Å²) >= 11 is 3.04. The number of aryl methyl sites for hydroxylation is 1. The fourth-order valence-corrected chi connectivity index (χ4v) is 1.43. The van der Waals surface area contributed by atoms with Gasteiger partial charge in [0.2, 0.25) is 0 Å². The molecule has 0 heterocycles. The first-order chi connectivity index (χ1) is 6.93. The van der Waals surface area contributed by atoms with E-state index in [-0.39, 0.29) is 6.61 Å². The largest absolute Gasteiger partial charge is 0.416 e. The number of hydrogen-bond acceptors (Lipinski definition) is 1. The predicted molar refractivity (Wildman–Crippen MR) is 54.8 cm³/mol. The second-order valence-electron chi connectivity index (χ2n) is 3.16. The summed E-state index contributed by atoms with van der Waals surface area (Å²) in [5.41, 5.74) is 0.790. The van der Waals surface area contributed by atoms with E-state index in [1.165, 1.54) is 0 Å². The summed E-state index contributed by atoms with van der Waals surface area (Å²) in [6, 6.07) is 3.91. The van der Waals surface area contributed by atoms with Gasteiger partial charge in [0.1, 0.15) is 5.52 Å². The maximum absolute atomic E-state index is 12.4. The normalized spacial score (nSPS) is 11.8. The zero-order valence-corrected chi connectivity index (χ0v) is 9.65.